The summed E-state index contributed by atoms with van der Waals surface area (Å²) in [6, 6.07) is 26.3. The molecule has 0 aromatic heterocycles. The third kappa shape index (κ3) is 7.05. The normalized spacial score (nSPS) is 11.2. The van der Waals surface area contributed by atoms with E-state index >= 15 is 0 Å². The fraction of sp³-hybridized carbons (Fsp3) is 0.0357. The summed E-state index contributed by atoms with van der Waals surface area (Å²) in [4.78, 5) is 24.9. The maximum atomic E-state index is 12.5. The van der Waals surface area contributed by atoms with Crippen LogP contribution in [0.25, 0.3) is 0 Å². The van der Waals surface area contributed by atoms with Gasteiger partial charge in [-0.2, -0.15) is 5.10 Å². The Hall–Kier alpha value is -4.03. The number of esters is 1. The van der Waals surface area contributed by atoms with Crippen LogP contribution in [0.2, 0.25) is 0 Å². The third-order valence-electron chi connectivity index (χ3n) is 5.29. The summed E-state index contributed by atoms with van der Waals surface area (Å²) in [7, 11) is -3.74. The van der Waals surface area contributed by atoms with Crippen molar-refractivity contribution < 1.29 is 22.7 Å². The molecule has 4 aromatic rings. The summed E-state index contributed by atoms with van der Waals surface area (Å²) in [5.74, 6) is -0.524. The van der Waals surface area contributed by atoms with E-state index in [-0.39, 0.29) is 4.90 Å². The van der Waals surface area contributed by atoms with Crippen LogP contribution in [-0.2, 0) is 10.0 Å². The van der Waals surface area contributed by atoms with E-state index in [0.717, 1.165) is 9.13 Å². The molecule has 0 atom stereocenters. The smallest absolute Gasteiger partial charge is 0.344 e. The van der Waals surface area contributed by atoms with Crippen molar-refractivity contribution in [1.82, 2.24) is 5.43 Å². The molecule has 4 rings (SSSR count). The number of hydrogen-bond acceptors (Lipinski definition) is 6. The number of nitrogens with one attached hydrogen (secondary N) is 2. The Morgan fingerprint density at radius 2 is 1.53 bits per heavy atom. The molecule has 0 spiro atoms. The summed E-state index contributed by atoms with van der Waals surface area (Å²) < 4.78 is 33.7. The predicted molar refractivity (Wildman–Crippen MR) is 154 cm³/mol. The number of benzene rings is 4. The second-order valence-electron chi connectivity index (χ2n) is 8.13. The number of amides is 1. The highest BCUT2D eigenvalue weighted by atomic mass is 127. The van der Waals surface area contributed by atoms with E-state index in [9.17, 15) is 18.0 Å². The maximum absolute atomic E-state index is 12.5. The molecule has 0 aliphatic rings. The molecule has 192 valence electrons. The van der Waals surface area contributed by atoms with Gasteiger partial charge in [0.15, 0.2) is 0 Å². The predicted octanol–water partition coefficient (Wildman–Crippen LogP) is 5.38. The van der Waals surface area contributed by atoms with Crippen LogP contribution < -0.4 is 14.9 Å². The minimum absolute atomic E-state index is 0.149. The van der Waals surface area contributed by atoms with Gasteiger partial charge in [0.2, 0.25) is 0 Å². The van der Waals surface area contributed by atoms with E-state index in [2.05, 4.69) is 37.8 Å². The number of nitrogens with zero attached hydrogens (tertiary/aromatic N) is 1. The molecule has 0 unspecified atom stereocenters. The topological polar surface area (TPSA) is 114 Å². The average molecular weight is 639 g/mol. The van der Waals surface area contributed by atoms with Gasteiger partial charge in [-0.15, -0.1) is 0 Å². The quantitative estimate of drug-likeness (QED) is 0.0884. The Balaban J connectivity index is 1.31. The van der Waals surface area contributed by atoms with Crippen molar-refractivity contribution >= 4 is 56.4 Å². The number of ether oxygens (including phenoxy) is 1. The molecule has 4 aromatic carbocycles. The highest BCUT2D eigenvalue weighted by Gasteiger charge is 2.14. The van der Waals surface area contributed by atoms with Crippen LogP contribution in [0, 0.1) is 10.5 Å². The van der Waals surface area contributed by atoms with Gasteiger partial charge in [-0.1, -0.05) is 29.8 Å². The first kappa shape index (κ1) is 27.0. The first-order valence-electron chi connectivity index (χ1n) is 11.3. The molecule has 0 aliphatic carbocycles. The van der Waals surface area contributed by atoms with E-state index in [1.807, 2.05) is 19.1 Å². The highest BCUT2D eigenvalue weighted by molar-refractivity contribution is 14.1. The van der Waals surface area contributed by atoms with Crippen LogP contribution in [0.15, 0.2) is 107 Å². The first-order chi connectivity index (χ1) is 18.2. The van der Waals surface area contributed by atoms with Crippen LogP contribution in [0.1, 0.15) is 31.8 Å². The lowest BCUT2D eigenvalue weighted by Gasteiger charge is -2.09. The largest absolute Gasteiger partial charge is 0.423 e. The maximum Gasteiger partial charge on any atom is 0.344 e. The molecule has 0 bridgehead atoms. The van der Waals surface area contributed by atoms with Crippen LogP contribution in [-0.4, -0.2) is 26.5 Å². The monoisotopic (exact) mass is 639 g/mol. The number of halogens is 1. The number of carbonyl (C=O) groups is 2. The molecular weight excluding hydrogens is 617 g/mol. The van der Waals surface area contributed by atoms with Gasteiger partial charge in [-0.3, -0.25) is 9.52 Å². The lowest BCUT2D eigenvalue weighted by molar-refractivity contribution is 0.0733. The Labute approximate surface area is 233 Å². The van der Waals surface area contributed by atoms with Gasteiger partial charge in [0.25, 0.3) is 15.9 Å². The minimum Gasteiger partial charge on any atom is -0.423 e. The molecular formula is C28H22IN3O5S. The van der Waals surface area contributed by atoms with Crippen molar-refractivity contribution in [3.8, 4) is 5.75 Å². The second-order valence-corrected chi connectivity index (χ2v) is 11.0. The van der Waals surface area contributed by atoms with Gasteiger partial charge in [0.05, 0.1) is 16.7 Å². The Kier molecular flexibility index (Phi) is 8.54. The highest BCUT2D eigenvalue weighted by Crippen LogP contribution is 2.18. The summed E-state index contributed by atoms with van der Waals surface area (Å²) >= 11 is 2.08. The molecule has 10 heteroatoms. The third-order valence-corrected chi connectivity index (χ3v) is 7.63. The number of hydrogen-bond donors (Lipinski definition) is 2. The minimum atomic E-state index is -3.74. The summed E-state index contributed by atoms with van der Waals surface area (Å²) in [5.41, 5.74) is 5.18. The first-order valence-corrected chi connectivity index (χ1v) is 13.9. The van der Waals surface area contributed by atoms with E-state index in [1.54, 1.807) is 48.5 Å². The lowest BCUT2D eigenvalue weighted by atomic mass is 10.2. The van der Waals surface area contributed by atoms with Crippen molar-refractivity contribution in [2.24, 2.45) is 5.10 Å². The van der Waals surface area contributed by atoms with Gasteiger partial charge in [-0.25, -0.2) is 18.6 Å². The van der Waals surface area contributed by atoms with E-state index in [0.29, 0.717) is 28.1 Å². The van der Waals surface area contributed by atoms with Crippen molar-refractivity contribution in [2.45, 2.75) is 11.8 Å². The van der Waals surface area contributed by atoms with Crippen LogP contribution in [0.5, 0.6) is 5.75 Å². The van der Waals surface area contributed by atoms with Crippen LogP contribution in [0.4, 0.5) is 5.69 Å². The Morgan fingerprint density at radius 1 is 0.868 bits per heavy atom. The number of aryl methyl sites for hydroxylation is 1. The zero-order valence-electron chi connectivity index (χ0n) is 20.1. The summed E-state index contributed by atoms with van der Waals surface area (Å²) in [6.07, 6.45) is 1.45. The molecule has 0 saturated heterocycles. The van der Waals surface area contributed by atoms with Gasteiger partial charge >= 0.3 is 5.97 Å². The Morgan fingerprint density at radius 3 is 2.18 bits per heavy atom. The second kappa shape index (κ2) is 12.0. The lowest BCUT2D eigenvalue weighted by Crippen LogP contribution is -2.18. The van der Waals surface area contributed by atoms with Gasteiger partial charge in [-0.05, 0) is 108 Å². The standard InChI is InChI=1S/C28H22IN3O5S/c1-19-6-16-24(17-7-19)38(35,36)32-22-12-10-21(11-13-22)27(33)31-30-18-20-8-14-23(15-9-20)37-28(34)25-4-2-3-5-26(25)29/h2-18,32H,1H3,(H,31,33). The summed E-state index contributed by atoms with van der Waals surface area (Å²) in [6.45, 7) is 1.88. The molecule has 8 nitrogen and oxygen atoms in total. The number of anilines is 1. The zero-order chi connectivity index (χ0) is 27.1. The fourth-order valence-corrected chi connectivity index (χ4v) is 4.93. The molecule has 0 radical (unpaired) electrons. The van der Waals surface area contributed by atoms with E-state index < -0.39 is 21.9 Å². The zero-order valence-corrected chi connectivity index (χ0v) is 23.1. The molecule has 38 heavy (non-hydrogen) atoms. The molecule has 0 fully saturated rings. The van der Waals surface area contributed by atoms with E-state index in [1.165, 1.54) is 42.6 Å². The van der Waals surface area contributed by atoms with Gasteiger partial charge < -0.3 is 4.74 Å². The summed E-state index contributed by atoms with van der Waals surface area (Å²) in [5, 5.41) is 3.95. The average Bonchev–Trinajstić information content (AvgIpc) is 2.90. The number of rotatable bonds is 8. The number of hydrazone groups is 1. The van der Waals surface area contributed by atoms with Crippen molar-refractivity contribution in [3.05, 3.63) is 123 Å². The van der Waals surface area contributed by atoms with Gasteiger partial charge in [0, 0.05) is 14.8 Å². The number of carbonyl (C=O) groups excluding carboxylic acids is 2. The van der Waals surface area contributed by atoms with Crippen LogP contribution in [0.3, 0.4) is 0 Å². The fourth-order valence-electron chi connectivity index (χ4n) is 3.26. The van der Waals surface area contributed by atoms with Crippen LogP contribution >= 0.6 is 22.6 Å². The molecule has 0 aliphatic heterocycles. The van der Waals surface area contributed by atoms with Gasteiger partial charge in [0.1, 0.15) is 5.75 Å². The van der Waals surface area contributed by atoms with Crippen molar-refractivity contribution in [2.75, 3.05) is 4.72 Å². The molecule has 1 amide bonds. The number of sulfonamides is 1. The van der Waals surface area contributed by atoms with Crippen molar-refractivity contribution in [1.29, 1.82) is 0 Å². The molecule has 0 saturated carbocycles. The van der Waals surface area contributed by atoms with E-state index in [4.69, 9.17) is 4.74 Å². The molecule has 2 N–H and O–H groups in total. The Bertz CT molecular complexity index is 1590. The molecule has 0 heterocycles. The van der Waals surface area contributed by atoms with Crippen molar-refractivity contribution in [3.63, 3.8) is 0 Å². The SMILES string of the molecule is Cc1ccc(S(=O)(=O)Nc2ccc(C(=O)NN=Cc3ccc(OC(=O)c4ccccc4I)cc3)cc2)cc1.